The Hall–Kier alpha value is -3.61. The number of hydrogen-bond acceptors (Lipinski definition) is 3. The highest BCUT2D eigenvalue weighted by atomic mass is 16.1. The number of nitrogens with zero attached hydrogens (tertiary/aromatic N) is 1. The third-order valence-corrected chi connectivity index (χ3v) is 4.57. The molecule has 3 heterocycles. The summed E-state index contributed by atoms with van der Waals surface area (Å²) < 4.78 is 0. The maximum atomic E-state index is 12.5. The lowest BCUT2D eigenvalue weighted by atomic mass is 9.90. The number of aromatic amines is 4. The summed E-state index contributed by atoms with van der Waals surface area (Å²) in [5, 5.41) is 1.40. The summed E-state index contributed by atoms with van der Waals surface area (Å²) in [6.07, 6.45) is 6.69. The van der Waals surface area contributed by atoms with Gasteiger partial charge in [-0.2, -0.15) is 0 Å². The highest BCUT2D eigenvalue weighted by molar-refractivity contribution is 5.81. The average molecular weight is 375 g/mol. The van der Waals surface area contributed by atoms with Gasteiger partial charge in [-0.15, -0.1) is 0 Å². The summed E-state index contributed by atoms with van der Waals surface area (Å²) in [6, 6.07) is 7.72. The lowest BCUT2D eigenvalue weighted by Crippen LogP contribution is -2.46. The largest absolute Gasteiger partial charge is 0.361 e. The third kappa shape index (κ3) is 3.34. The van der Waals surface area contributed by atoms with Crippen LogP contribution >= 0.6 is 0 Å². The predicted molar refractivity (Wildman–Crippen MR) is 110 cm³/mol. The Morgan fingerprint density at radius 1 is 0.929 bits per heavy atom. The van der Waals surface area contributed by atoms with Crippen LogP contribution in [-0.4, -0.2) is 24.9 Å². The second kappa shape index (κ2) is 6.53. The number of nitrogens with one attached hydrogen (secondary N) is 4. The van der Waals surface area contributed by atoms with Crippen LogP contribution in [0.3, 0.4) is 0 Å². The molecule has 3 aromatic heterocycles. The van der Waals surface area contributed by atoms with E-state index in [-0.39, 0.29) is 27.2 Å². The standard InChI is InChI=1S/C21H21N5O2/c1-21(2,3)18-15(23-11-24-18)10-17-20(28)25-16(19(27)26-17)9-12-4-5-14-13(8-12)6-7-22-14/h4-11,22H,1-3H3,(H,23,24)(H,25,28)(H,26,27)/b16-9-,17-10-. The zero-order chi connectivity index (χ0) is 19.9. The van der Waals surface area contributed by atoms with E-state index >= 15 is 0 Å². The van der Waals surface area contributed by atoms with Crippen LogP contribution in [0.5, 0.6) is 0 Å². The van der Waals surface area contributed by atoms with Crippen molar-refractivity contribution in [2.75, 3.05) is 0 Å². The first-order chi connectivity index (χ1) is 13.3. The maximum Gasteiger partial charge on any atom is 0.272 e. The smallest absolute Gasteiger partial charge is 0.272 e. The van der Waals surface area contributed by atoms with E-state index in [2.05, 4.69) is 24.9 Å². The first-order valence-corrected chi connectivity index (χ1v) is 8.98. The molecule has 0 aliphatic rings. The second-order valence-electron chi connectivity index (χ2n) is 7.76. The van der Waals surface area contributed by atoms with Crippen LogP contribution in [0.2, 0.25) is 0 Å². The molecule has 0 saturated carbocycles. The number of fused-ring (bicyclic) bond motifs is 1. The van der Waals surface area contributed by atoms with Crippen molar-refractivity contribution in [1.29, 1.82) is 0 Å². The van der Waals surface area contributed by atoms with Crippen molar-refractivity contribution < 1.29 is 0 Å². The molecule has 0 atom stereocenters. The maximum absolute atomic E-state index is 12.5. The van der Waals surface area contributed by atoms with Gasteiger partial charge < -0.3 is 19.9 Å². The number of rotatable bonds is 2. The molecule has 0 fully saturated rings. The Bertz CT molecular complexity index is 1390. The zero-order valence-electron chi connectivity index (χ0n) is 15.9. The molecule has 4 rings (SSSR count). The van der Waals surface area contributed by atoms with Gasteiger partial charge in [0.05, 0.1) is 12.0 Å². The first-order valence-electron chi connectivity index (χ1n) is 8.98. The van der Waals surface area contributed by atoms with Crippen LogP contribution in [0.1, 0.15) is 37.7 Å². The van der Waals surface area contributed by atoms with Crippen molar-refractivity contribution in [1.82, 2.24) is 24.9 Å². The Morgan fingerprint density at radius 3 is 2.36 bits per heavy atom. The quantitative estimate of drug-likeness (QED) is 0.423. The highest BCUT2D eigenvalue weighted by Crippen LogP contribution is 2.22. The summed E-state index contributed by atoms with van der Waals surface area (Å²) in [6.45, 7) is 6.14. The number of imidazole rings is 1. The number of H-pyrrole nitrogens is 4. The van der Waals surface area contributed by atoms with Crippen molar-refractivity contribution in [3.63, 3.8) is 0 Å². The zero-order valence-corrected chi connectivity index (χ0v) is 15.9. The molecule has 142 valence electrons. The minimum absolute atomic E-state index is 0.167. The van der Waals surface area contributed by atoms with Gasteiger partial charge in [-0.05, 0) is 41.3 Å². The Kier molecular flexibility index (Phi) is 4.15. The predicted octanol–water partition coefficient (Wildman–Crippen LogP) is 1.22. The van der Waals surface area contributed by atoms with Gasteiger partial charge in [0.1, 0.15) is 10.7 Å². The molecule has 4 N–H and O–H groups in total. The molecule has 7 nitrogen and oxygen atoms in total. The van der Waals surface area contributed by atoms with Gasteiger partial charge in [0.25, 0.3) is 11.1 Å². The first kappa shape index (κ1) is 17.8. The molecule has 0 amide bonds. The van der Waals surface area contributed by atoms with Gasteiger partial charge in [0.2, 0.25) is 0 Å². The average Bonchev–Trinajstić information content (AvgIpc) is 3.27. The Labute approximate surface area is 159 Å². The fourth-order valence-electron chi connectivity index (χ4n) is 3.18. The van der Waals surface area contributed by atoms with Crippen molar-refractivity contribution in [2.45, 2.75) is 26.2 Å². The van der Waals surface area contributed by atoms with Gasteiger partial charge in [-0.3, -0.25) is 9.59 Å². The molecule has 1 aromatic carbocycles. The van der Waals surface area contributed by atoms with E-state index in [0.29, 0.717) is 5.69 Å². The van der Waals surface area contributed by atoms with Crippen LogP contribution in [0.25, 0.3) is 23.1 Å². The third-order valence-electron chi connectivity index (χ3n) is 4.57. The van der Waals surface area contributed by atoms with Crippen molar-refractivity contribution >= 4 is 23.1 Å². The fourth-order valence-corrected chi connectivity index (χ4v) is 3.18. The van der Waals surface area contributed by atoms with Crippen molar-refractivity contribution in [3.05, 3.63) is 85.1 Å². The molecule has 0 radical (unpaired) electrons. The van der Waals surface area contributed by atoms with E-state index in [4.69, 9.17) is 0 Å². The van der Waals surface area contributed by atoms with Crippen LogP contribution in [0.4, 0.5) is 0 Å². The number of aromatic nitrogens is 5. The normalized spacial score (nSPS) is 13.5. The lowest BCUT2D eigenvalue weighted by molar-refractivity contribution is 0.571. The summed E-state index contributed by atoms with van der Waals surface area (Å²) in [7, 11) is 0. The molecule has 4 aromatic rings. The minimum Gasteiger partial charge on any atom is -0.361 e. The van der Waals surface area contributed by atoms with E-state index in [1.807, 2.05) is 51.2 Å². The van der Waals surface area contributed by atoms with E-state index < -0.39 is 0 Å². The molecule has 0 unspecified atom stereocenters. The summed E-state index contributed by atoms with van der Waals surface area (Å²) in [5.41, 5.74) is 2.45. The molecule has 28 heavy (non-hydrogen) atoms. The van der Waals surface area contributed by atoms with Gasteiger partial charge in [0.15, 0.2) is 0 Å². The van der Waals surface area contributed by atoms with E-state index in [0.717, 1.165) is 22.2 Å². The molecular formula is C21H21N5O2. The van der Waals surface area contributed by atoms with Crippen molar-refractivity contribution in [2.24, 2.45) is 0 Å². The van der Waals surface area contributed by atoms with Crippen LogP contribution in [0, 0.1) is 0 Å². The topological polar surface area (TPSA) is 110 Å². The van der Waals surface area contributed by atoms with Crippen LogP contribution in [0.15, 0.2) is 46.4 Å². The molecule has 0 saturated heterocycles. The van der Waals surface area contributed by atoms with Crippen LogP contribution < -0.4 is 21.8 Å². The Balaban J connectivity index is 1.82. The van der Waals surface area contributed by atoms with Crippen LogP contribution in [-0.2, 0) is 5.41 Å². The van der Waals surface area contributed by atoms with Gasteiger partial charge in [-0.25, -0.2) is 4.98 Å². The molecule has 0 bridgehead atoms. The summed E-state index contributed by atoms with van der Waals surface area (Å²) >= 11 is 0. The fraction of sp³-hybridized carbons (Fsp3) is 0.190. The molecule has 0 spiro atoms. The monoisotopic (exact) mass is 375 g/mol. The number of benzene rings is 1. The minimum atomic E-state index is -0.378. The number of hydrogen-bond donors (Lipinski definition) is 4. The second-order valence-corrected chi connectivity index (χ2v) is 7.76. The van der Waals surface area contributed by atoms with E-state index in [9.17, 15) is 9.59 Å². The van der Waals surface area contributed by atoms with Gasteiger partial charge in [0, 0.05) is 22.8 Å². The van der Waals surface area contributed by atoms with Gasteiger partial charge >= 0.3 is 0 Å². The highest BCUT2D eigenvalue weighted by Gasteiger charge is 2.19. The van der Waals surface area contributed by atoms with Gasteiger partial charge in [-0.1, -0.05) is 26.8 Å². The molecule has 0 aliphatic carbocycles. The summed E-state index contributed by atoms with van der Waals surface area (Å²) in [4.78, 5) is 40.9. The molecular weight excluding hydrogens is 354 g/mol. The Morgan fingerprint density at radius 2 is 1.64 bits per heavy atom. The van der Waals surface area contributed by atoms with Crippen molar-refractivity contribution in [3.8, 4) is 0 Å². The lowest BCUT2D eigenvalue weighted by Gasteiger charge is -2.16. The van der Waals surface area contributed by atoms with E-state index in [1.165, 1.54) is 0 Å². The molecule has 0 aliphatic heterocycles. The summed E-state index contributed by atoms with van der Waals surface area (Å²) in [5.74, 6) is 0. The molecule has 7 heteroatoms. The SMILES string of the molecule is CC(C)(C)c1[nH]cnc1/C=c1\[nH]c(=O)/c(=C/c2ccc3[nH]ccc3c2)[nH]c1=O. The van der Waals surface area contributed by atoms with E-state index in [1.54, 1.807) is 18.5 Å².